The Labute approximate surface area is 168 Å². The molecule has 0 N–H and O–H groups in total. The van der Waals surface area contributed by atoms with E-state index in [2.05, 4.69) is 28.1 Å². The molecule has 2 aromatic heterocycles. The number of carbonyl (C=O) groups is 2. The Hall–Kier alpha value is -3.05. The summed E-state index contributed by atoms with van der Waals surface area (Å²) < 4.78 is 1.91. The van der Waals surface area contributed by atoms with E-state index >= 15 is 0 Å². The second kappa shape index (κ2) is 6.78. The Morgan fingerprint density at radius 3 is 2.69 bits per heavy atom. The van der Waals surface area contributed by atoms with Gasteiger partial charge in [-0.15, -0.1) is 0 Å². The topological polar surface area (TPSA) is 54.7 Å². The first kappa shape index (κ1) is 18.0. The van der Waals surface area contributed by atoms with Gasteiger partial charge in [-0.05, 0) is 50.3 Å². The molecule has 5 nitrogen and oxygen atoms in total. The number of hydrogen-bond acceptors (Lipinski definition) is 4. The maximum Gasteiger partial charge on any atom is 0.177 e. The summed E-state index contributed by atoms with van der Waals surface area (Å²) in [6, 6.07) is 12.2. The van der Waals surface area contributed by atoms with Gasteiger partial charge in [0.15, 0.2) is 11.6 Å². The van der Waals surface area contributed by atoms with E-state index in [-0.39, 0.29) is 11.6 Å². The Balaban J connectivity index is 1.71. The van der Waals surface area contributed by atoms with Crippen LogP contribution < -0.4 is 0 Å². The van der Waals surface area contributed by atoms with Crippen LogP contribution in [0, 0.1) is 5.92 Å². The van der Waals surface area contributed by atoms with Crippen molar-refractivity contribution in [3.05, 3.63) is 60.0 Å². The number of ketones is 2. The maximum atomic E-state index is 13.6. The molecular formula is C24H23N3O2. The van der Waals surface area contributed by atoms with Crippen LogP contribution >= 0.6 is 0 Å². The monoisotopic (exact) mass is 385 g/mol. The third-order valence-corrected chi connectivity index (χ3v) is 6.03. The van der Waals surface area contributed by atoms with Crippen LogP contribution in [0.1, 0.15) is 40.0 Å². The first-order valence-electron chi connectivity index (χ1n) is 10.1. The molecule has 1 aliphatic carbocycles. The van der Waals surface area contributed by atoms with Gasteiger partial charge in [-0.2, -0.15) is 0 Å². The van der Waals surface area contributed by atoms with E-state index in [4.69, 9.17) is 0 Å². The smallest absolute Gasteiger partial charge is 0.177 e. The highest BCUT2D eigenvalue weighted by molar-refractivity contribution is 6.33. The lowest BCUT2D eigenvalue weighted by atomic mass is 9.80. The maximum absolute atomic E-state index is 13.6. The zero-order valence-electron chi connectivity index (χ0n) is 16.7. The number of nitrogens with zero attached hydrogens (tertiary/aromatic N) is 3. The lowest BCUT2D eigenvalue weighted by molar-refractivity contribution is 0.0792. The number of carbonyl (C=O) groups excluding carboxylic acids is 2. The highest BCUT2D eigenvalue weighted by Crippen LogP contribution is 2.40. The van der Waals surface area contributed by atoms with E-state index in [0.717, 1.165) is 41.1 Å². The third kappa shape index (κ3) is 2.69. The quantitative estimate of drug-likeness (QED) is 0.378. The van der Waals surface area contributed by atoms with E-state index in [1.54, 1.807) is 12.5 Å². The normalized spacial score (nSPS) is 16.6. The van der Waals surface area contributed by atoms with Gasteiger partial charge in [0.25, 0.3) is 0 Å². The van der Waals surface area contributed by atoms with E-state index in [1.165, 1.54) is 0 Å². The van der Waals surface area contributed by atoms with Crippen molar-refractivity contribution in [1.82, 2.24) is 14.3 Å². The second-order valence-corrected chi connectivity index (χ2v) is 8.16. The van der Waals surface area contributed by atoms with Crippen LogP contribution in [-0.2, 0) is 0 Å². The summed E-state index contributed by atoms with van der Waals surface area (Å²) >= 11 is 0. The average molecular weight is 385 g/mol. The summed E-state index contributed by atoms with van der Waals surface area (Å²) in [5.74, 6) is -0.734. The van der Waals surface area contributed by atoms with Gasteiger partial charge in [-0.25, -0.2) is 4.98 Å². The molecule has 5 heteroatoms. The predicted octanol–water partition coefficient (Wildman–Crippen LogP) is 4.37. The van der Waals surface area contributed by atoms with Crippen LogP contribution in [0.2, 0.25) is 0 Å². The fraction of sp³-hybridized carbons (Fsp3) is 0.292. The summed E-state index contributed by atoms with van der Waals surface area (Å²) in [4.78, 5) is 33.2. The number of rotatable bonds is 5. The van der Waals surface area contributed by atoms with Crippen molar-refractivity contribution < 1.29 is 9.59 Å². The lowest BCUT2D eigenvalue weighted by Crippen LogP contribution is -2.29. The Kier molecular flexibility index (Phi) is 4.21. The zero-order chi connectivity index (χ0) is 20.1. The van der Waals surface area contributed by atoms with E-state index in [1.807, 2.05) is 36.7 Å². The summed E-state index contributed by atoms with van der Waals surface area (Å²) in [5.41, 5.74) is 2.90. The van der Waals surface area contributed by atoms with Crippen LogP contribution in [0.3, 0.4) is 0 Å². The van der Waals surface area contributed by atoms with Crippen molar-refractivity contribution in [2.45, 2.75) is 19.3 Å². The number of fused-ring (bicyclic) bond motifs is 5. The molecule has 0 saturated carbocycles. The van der Waals surface area contributed by atoms with E-state index < -0.39 is 5.92 Å². The SMILES string of the molecule is CN(C)CCCCC1C(=O)c2cncn3c2c(c2c4ccccc4ccc23)C1=O. The molecule has 0 radical (unpaired) electrons. The fourth-order valence-corrected chi connectivity index (χ4v) is 4.64. The third-order valence-electron chi connectivity index (χ3n) is 6.03. The van der Waals surface area contributed by atoms with Gasteiger partial charge in [0.1, 0.15) is 0 Å². The van der Waals surface area contributed by atoms with Crippen molar-refractivity contribution in [1.29, 1.82) is 0 Å². The van der Waals surface area contributed by atoms with Crippen molar-refractivity contribution in [2.24, 2.45) is 5.92 Å². The van der Waals surface area contributed by atoms with Crippen molar-refractivity contribution in [3.63, 3.8) is 0 Å². The van der Waals surface area contributed by atoms with E-state index in [9.17, 15) is 9.59 Å². The minimum Gasteiger partial charge on any atom is -0.309 e. The van der Waals surface area contributed by atoms with E-state index in [0.29, 0.717) is 23.1 Å². The van der Waals surface area contributed by atoms with Crippen molar-refractivity contribution >= 4 is 38.8 Å². The molecule has 2 aromatic carbocycles. The van der Waals surface area contributed by atoms with Gasteiger partial charge < -0.3 is 4.90 Å². The summed E-state index contributed by atoms with van der Waals surface area (Å²) in [6.45, 7) is 0.956. The second-order valence-electron chi connectivity index (χ2n) is 8.16. The molecule has 4 aromatic rings. The molecule has 29 heavy (non-hydrogen) atoms. The highest BCUT2D eigenvalue weighted by Gasteiger charge is 2.38. The molecule has 0 saturated heterocycles. The Morgan fingerprint density at radius 1 is 1.03 bits per heavy atom. The Bertz CT molecular complexity index is 1290. The van der Waals surface area contributed by atoms with Crippen molar-refractivity contribution in [3.8, 4) is 0 Å². The van der Waals surface area contributed by atoms with Gasteiger partial charge in [0.2, 0.25) is 0 Å². The van der Waals surface area contributed by atoms with Crippen LogP contribution in [0.25, 0.3) is 27.2 Å². The molecule has 0 bridgehead atoms. The molecule has 0 amide bonds. The largest absolute Gasteiger partial charge is 0.309 e. The van der Waals surface area contributed by atoms with Gasteiger partial charge in [0, 0.05) is 11.6 Å². The summed E-state index contributed by atoms with van der Waals surface area (Å²) in [6.07, 6.45) is 5.74. The molecule has 5 rings (SSSR count). The molecular weight excluding hydrogens is 362 g/mol. The number of Topliss-reactive ketones (excluding diaryl/α,β-unsaturated/α-hetero) is 2. The van der Waals surface area contributed by atoms with Crippen molar-refractivity contribution in [2.75, 3.05) is 20.6 Å². The number of benzene rings is 2. The molecule has 1 atom stereocenters. The standard InChI is InChI=1S/C24H23N3O2/c1-26(2)12-6-5-9-17-23(28)18-13-25-14-27-19-11-10-15-7-3-4-8-16(15)20(19)21(22(18)27)24(17)29/h3-4,7-8,10-11,13-14,17H,5-6,9,12H2,1-2H3. The number of unbranched alkanes of at least 4 members (excludes halogenated alkanes) is 1. The minimum absolute atomic E-state index is 0.0394. The van der Waals surface area contributed by atoms with Crippen LogP contribution in [0.15, 0.2) is 48.9 Å². The molecule has 0 fully saturated rings. The predicted molar refractivity (Wildman–Crippen MR) is 115 cm³/mol. The highest BCUT2D eigenvalue weighted by atomic mass is 16.2. The Morgan fingerprint density at radius 2 is 1.86 bits per heavy atom. The molecule has 2 heterocycles. The van der Waals surface area contributed by atoms with Gasteiger partial charge in [-0.3, -0.25) is 14.0 Å². The van der Waals surface area contributed by atoms with Crippen LogP contribution in [0.5, 0.6) is 0 Å². The van der Waals surface area contributed by atoms with Crippen LogP contribution in [0.4, 0.5) is 0 Å². The van der Waals surface area contributed by atoms with Gasteiger partial charge in [0.05, 0.1) is 34.4 Å². The average Bonchev–Trinajstić information content (AvgIpc) is 3.07. The fourth-order valence-electron chi connectivity index (χ4n) is 4.64. The molecule has 146 valence electrons. The lowest BCUT2D eigenvalue weighted by Gasteiger charge is -2.21. The molecule has 0 aliphatic heterocycles. The van der Waals surface area contributed by atoms with Crippen LogP contribution in [-0.4, -0.2) is 46.5 Å². The van der Waals surface area contributed by atoms with Gasteiger partial charge >= 0.3 is 0 Å². The molecule has 1 unspecified atom stereocenters. The first-order valence-corrected chi connectivity index (χ1v) is 10.1. The zero-order valence-corrected chi connectivity index (χ0v) is 16.7. The summed E-state index contributed by atoms with van der Waals surface area (Å²) in [7, 11) is 4.07. The minimum atomic E-state index is -0.609. The number of aromatic nitrogens is 2. The first-order chi connectivity index (χ1) is 14.1. The molecule has 0 spiro atoms. The molecule has 1 aliphatic rings. The van der Waals surface area contributed by atoms with Gasteiger partial charge in [-0.1, -0.05) is 36.8 Å². The number of hydrogen-bond donors (Lipinski definition) is 0. The summed E-state index contributed by atoms with van der Waals surface area (Å²) in [5, 5.41) is 3.07.